The van der Waals surface area contributed by atoms with Crippen molar-refractivity contribution in [2.75, 3.05) is 18.6 Å². The molecule has 2 N–H and O–H groups in total. The van der Waals surface area contributed by atoms with E-state index in [-0.39, 0.29) is 4.71 Å². The summed E-state index contributed by atoms with van der Waals surface area (Å²) in [6.07, 6.45) is 0. The summed E-state index contributed by atoms with van der Waals surface area (Å²) in [5.41, 5.74) is 1.23. The van der Waals surface area contributed by atoms with Crippen LogP contribution in [-0.2, 0) is 0 Å². The highest BCUT2D eigenvalue weighted by atomic mass is 32.2. The molecule has 1 aromatic carbocycles. The minimum absolute atomic E-state index is 0.265. The molecule has 0 saturated heterocycles. The first kappa shape index (κ1) is 11.0. The van der Waals surface area contributed by atoms with Crippen LogP contribution in [0.2, 0.25) is 0 Å². The molecule has 0 bridgehead atoms. The van der Waals surface area contributed by atoms with E-state index in [0.29, 0.717) is 0 Å². The maximum absolute atomic E-state index is 5.68. The Morgan fingerprint density at radius 3 is 3.00 bits per heavy atom. The molecule has 1 unspecified atom stereocenters. The third-order valence-electron chi connectivity index (χ3n) is 2.42. The number of rotatable bonds is 3. The molecule has 82 valence electrons. The number of nitrogens with zero attached hydrogens (tertiary/aromatic N) is 1. The molecule has 3 nitrogen and oxygen atoms in total. The number of benzene rings is 1. The van der Waals surface area contributed by atoms with Gasteiger partial charge in [-0.2, -0.15) is 0 Å². The van der Waals surface area contributed by atoms with Crippen LogP contribution in [0.25, 0.3) is 0 Å². The van der Waals surface area contributed by atoms with Gasteiger partial charge >= 0.3 is 0 Å². The van der Waals surface area contributed by atoms with Crippen LogP contribution < -0.4 is 14.8 Å². The Morgan fingerprint density at radius 2 is 2.40 bits per heavy atom. The van der Waals surface area contributed by atoms with E-state index in [0.717, 1.165) is 12.3 Å². The summed E-state index contributed by atoms with van der Waals surface area (Å²) in [5, 5.41) is 5.68. The quantitative estimate of drug-likeness (QED) is 0.825. The zero-order valence-corrected chi connectivity index (χ0v) is 10.4. The first-order valence-corrected chi connectivity index (χ1v) is 6.60. The molecule has 0 amide bonds. The van der Waals surface area contributed by atoms with Gasteiger partial charge < -0.3 is 9.64 Å². The third-order valence-corrected chi connectivity index (χ3v) is 4.63. The maximum Gasteiger partial charge on any atom is 0.141 e. The van der Waals surface area contributed by atoms with Crippen LogP contribution >= 0.6 is 23.7 Å². The topological polar surface area (TPSA) is 38.5 Å². The van der Waals surface area contributed by atoms with E-state index >= 15 is 0 Å². The number of fused-ring (bicyclic) bond motifs is 1. The van der Waals surface area contributed by atoms with Crippen molar-refractivity contribution in [2.45, 2.75) is 16.5 Å². The lowest BCUT2D eigenvalue weighted by Crippen LogP contribution is -2.27. The Labute approximate surface area is 98.5 Å². The van der Waals surface area contributed by atoms with Gasteiger partial charge in [-0.15, -0.1) is 0 Å². The number of methoxy groups -OCH3 is 1. The Morgan fingerprint density at radius 1 is 1.60 bits per heavy atom. The molecule has 5 heteroatoms. The monoisotopic (exact) mass is 242 g/mol. The van der Waals surface area contributed by atoms with E-state index in [2.05, 4.69) is 17.9 Å². The fraction of sp³-hybridized carbons (Fsp3) is 0.400. The van der Waals surface area contributed by atoms with Crippen molar-refractivity contribution in [3.63, 3.8) is 0 Å². The van der Waals surface area contributed by atoms with E-state index < -0.39 is 0 Å². The number of anilines is 1. The molecular weight excluding hydrogens is 228 g/mol. The normalized spacial score (nSPS) is 19.1. The minimum atomic E-state index is 0.265. The predicted octanol–water partition coefficient (Wildman–Crippen LogP) is 2.52. The number of nitrogens with two attached hydrogens (primary N) is 1. The molecule has 15 heavy (non-hydrogen) atoms. The van der Waals surface area contributed by atoms with E-state index in [9.17, 15) is 0 Å². The molecule has 0 fully saturated rings. The molecule has 1 aliphatic heterocycles. The summed E-state index contributed by atoms with van der Waals surface area (Å²) in [4.78, 5) is 3.48. The summed E-state index contributed by atoms with van der Waals surface area (Å²) in [7, 11) is 1.70. The zero-order chi connectivity index (χ0) is 10.8. The van der Waals surface area contributed by atoms with Crippen LogP contribution in [0.3, 0.4) is 0 Å². The molecule has 0 aromatic heterocycles. The predicted molar refractivity (Wildman–Crippen MR) is 67.4 cm³/mol. The number of hydrogen-bond acceptors (Lipinski definition) is 5. The molecule has 0 spiro atoms. The van der Waals surface area contributed by atoms with E-state index in [1.165, 1.54) is 22.5 Å². The van der Waals surface area contributed by atoms with Gasteiger partial charge in [0.05, 0.1) is 17.7 Å². The van der Waals surface area contributed by atoms with Gasteiger partial charge in [0.15, 0.2) is 0 Å². The van der Waals surface area contributed by atoms with Crippen LogP contribution in [-0.4, -0.2) is 18.4 Å². The second-order valence-electron chi connectivity index (χ2n) is 3.16. The molecule has 1 aromatic rings. The molecule has 1 atom stereocenters. The van der Waals surface area contributed by atoms with Crippen molar-refractivity contribution >= 4 is 29.4 Å². The smallest absolute Gasteiger partial charge is 0.141 e. The van der Waals surface area contributed by atoms with E-state index in [4.69, 9.17) is 9.88 Å². The first-order chi connectivity index (χ1) is 7.31. The summed E-state index contributed by atoms with van der Waals surface area (Å²) < 4.78 is 5.61. The molecule has 0 saturated carbocycles. The van der Waals surface area contributed by atoms with Gasteiger partial charge in [0.2, 0.25) is 0 Å². The minimum Gasteiger partial charge on any atom is -0.496 e. The van der Waals surface area contributed by atoms with Gasteiger partial charge in [-0.1, -0.05) is 17.8 Å². The third kappa shape index (κ3) is 1.79. The van der Waals surface area contributed by atoms with Gasteiger partial charge in [0.1, 0.15) is 10.5 Å². The SMILES string of the molecule is CCN1c2cccc(OC)c2SC1SN. The van der Waals surface area contributed by atoms with E-state index in [1.807, 2.05) is 12.1 Å². The Bertz CT molecular complexity index is 359. The number of ether oxygens (including phenoxy) is 1. The van der Waals surface area contributed by atoms with Gasteiger partial charge in [0.25, 0.3) is 0 Å². The fourth-order valence-electron chi connectivity index (χ4n) is 1.71. The summed E-state index contributed by atoms with van der Waals surface area (Å²) in [6.45, 7) is 3.10. The van der Waals surface area contributed by atoms with Crippen LogP contribution in [0.4, 0.5) is 5.69 Å². The second-order valence-corrected chi connectivity index (χ2v) is 5.26. The van der Waals surface area contributed by atoms with Crippen LogP contribution in [0.1, 0.15) is 6.92 Å². The average Bonchev–Trinajstić information content (AvgIpc) is 2.66. The van der Waals surface area contributed by atoms with Crippen LogP contribution in [0.15, 0.2) is 23.1 Å². The second kappa shape index (κ2) is 4.55. The highest BCUT2D eigenvalue weighted by Crippen LogP contribution is 2.50. The van der Waals surface area contributed by atoms with Gasteiger partial charge in [0, 0.05) is 6.54 Å². The van der Waals surface area contributed by atoms with Crippen molar-refractivity contribution in [1.29, 1.82) is 0 Å². The molecular formula is C10H14N2OS2. The van der Waals surface area contributed by atoms with Crippen LogP contribution in [0, 0.1) is 0 Å². The fourth-order valence-corrected chi connectivity index (χ4v) is 3.79. The number of hydrogen-bond donors (Lipinski definition) is 1. The molecule has 0 radical (unpaired) electrons. The lowest BCUT2D eigenvalue weighted by atomic mass is 10.3. The van der Waals surface area contributed by atoms with Crippen LogP contribution in [0.5, 0.6) is 5.75 Å². The van der Waals surface area contributed by atoms with Crippen molar-refractivity contribution in [2.24, 2.45) is 5.14 Å². The molecule has 0 aliphatic carbocycles. The van der Waals surface area contributed by atoms with Gasteiger partial charge in [-0.3, -0.25) is 5.14 Å². The van der Waals surface area contributed by atoms with Crippen molar-refractivity contribution in [3.05, 3.63) is 18.2 Å². The summed E-state index contributed by atoms with van der Waals surface area (Å²) in [6, 6.07) is 6.12. The zero-order valence-electron chi connectivity index (χ0n) is 8.77. The lowest BCUT2D eigenvalue weighted by Gasteiger charge is -2.22. The van der Waals surface area contributed by atoms with Gasteiger partial charge in [-0.25, -0.2) is 0 Å². The lowest BCUT2D eigenvalue weighted by molar-refractivity contribution is 0.405. The van der Waals surface area contributed by atoms with Crippen molar-refractivity contribution < 1.29 is 4.74 Å². The highest BCUT2D eigenvalue weighted by molar-refractivity contribution is 8.16. The van der Waals surface area contributed by atoms with E-state index in [1.54, 1.807) is 18.9 Å². The standard InChI is InChI=1S/C10H14N2OS2/c1-3-12-7-5-4-6-8(13-2)9(7)14-10(12)15-11/h4-6,10H,3,11H2,1-2H3. The molecule has 2 rings (SSSR count). The highest BCUT2D eigenvalue weighted by Gasteiger charge is 2.30. The number of thioether (sulfide) groups is 1. The molecule has 1 heterocycles. The molecule has 1 aliphatic rings. The Balaban J connectivity index is 2.41. The Hall–Kier alpha value is -0.520. The average molecular weight is 242 g/mol. The summed E-state index contributed by atoms with van der Waals surface area (Å²) >= 11 is 3.13. The van der Waals surface area contributed by atoms with Gasteiger partial charge in [-0.05, 0) is 31.0 Å². The largest absolute Gasteiger partial charge is 0.496 e. The first-order valence-electron chi connectivity index (χ1n) is 4.77. The summed E-state index contributed by atoms with van der Waals surface area (Å²) in [5.74, 6) is 0.938. The van der Waals surface area contributed by atoms with Crippen molar-refractivity contribution in [3.8, 4) is 5.75 Å². The Kier molecular flexibility index (Phi) is 3.33. The maximum atomic E-state index is 5.68. The van der Waals surface area contributed by atoms with Crippen molar-refractivity contribution in [1.82, 2.24) is 0 Å².